The van der Waals surface area contributed by atoms with Gasteiger partial charge in [-0.2, -0.15) is 0 Å². The minimum Gasteiger partial charge on any atom is -0.387 e. The van der Waals surface area contributed by atoms with Crippen molar-refractivity contribution in [3.63, 3.8) is 0 Å². The molecular formula is C11H19NO3. The molecule has 0 aliphatic carbocycles. The molecule has 2 bridgehead atoms. The standard InChI is InChI=1S/C11H19NO3/c1-2-15-10-5-8-3-4-9(6-10)12(8)11(14)7-13/h8-10,13H,2-7H2,1H3. The zero-order valence-electron chi connectivity index (χ0n) is 9.19. The first-order chi connectivity index (χ1) is 7.26. The fourth-order valence-corrected chi connectivity index (χ4v) is 2.99. The number of carbonyl (C=O) groups is 1. The van der Waals surface area contributed by atoms with E-state index < -0.39 is 0 Å². The third-order valence-electron chi connectivity index (χ3n) is 3.52. The van der Waals surface area contributed by atoms with E-state index in [0.29, 0.717) is 18.2 Å². The third-order valence-corrected chi connectivity index (χ3v) is 3.52. The van der Waals surface area contributed by atoms with Crippen molar-refractivity contribution in [2.75, 3.05) is 13.2 Å². The summed E-state index contributed by atoms with van der Waals surface area (Å²) in [6.45, 7) is 2.40. The fraction of sp³-hybridized carbons (Fsp3) is 0.909. The van der Waals surface area contributed by atoms with Gasteiger partial charge in [0.05, 0.1) is 6.10 Å². The highest BCUT2D eigenvalue weighted by Gasteiger charge is 2.42. The van der Waals surface area contributed by atoms with Crippen LogP contribution in [0.2, 0.25) is 0 Å². The highest BCUT2D eigenvalue weighted by atomic mass is 16.5. The van der Waals surface area contributed by atoms with Gasteiger partial charge in [-0.15, -0.1) is 0 Å². The first kappa shape index (κ1) is 10.9. The molecule has 2 aliphatic rings. The van der Waals surface area contributed by atoms with Gasteiger partial charge in [0.25, 0.3) is 0 Å². The van der Waals surface area contributed by atoms with Gasteiger partial charge in [-0.3, -0.25) is 4.79 Å². The normalized spacial score (nSPS) is 34.5. The summed E-state index contributed by atoms with van der Waals surface area (Å²) in [6.07, 6.45) is 4.34. The molecule has 86 valence electrons. The molecule has 2 fully saturated rings. The van der Waals surface area contributed by atoms with Crippen LogP contribution >= 0.6 is 0 Å². The second kappa shape index (κ2) is 4.49. The second-order valence-corrected chi connectivity index (χ2v) is 4.39. The van der Waals surface area contributed by atoms with Crippen LogP contribution in [0.15, 0.2) is 0 Å². The summed E-state index contributed by atoms with van der Waals surface area (Å²) < 4.78 is 5.62. The molecule has 2 aliphatic heterocycles. The molecule has 0 spiro atoms. The summed E-state index contributed by atoms with van der Waals surface area (Å²) in [5, 5.41) is 8.90. The largest absolute Gasteiger partial charge is 0.387 e. The number of carbonyl (C=O) groups excluding carboxylic acids is 1. The van der Waals surface area contributed by atoms with Crippen molar-refractivity contribution in [3.05, 3.63) is 0 Å². The predicted octanol–water partition coefficient (Wildman–Crippen LogP) is 0.537. The Morgan fingerprint density at radius 2 is 2.00 bits per heavy atom. The van der Waals surface area contributed by atoms with E-state index in [1.54, 1.807) is 0 Å². The van der Waals surface area contributed by atoms with E-state index in [1.165, 1.54) is 0 Å². The molecule has 2 saturated heterocycles. The molecule has 4 nitrogen and oxygen atoms in total. The van der Waals surface area contributed by atoms with Gasteiger partial charge in [0.1, 0.15) is 6.61 Å². The highest BCUT2D eigenvalue weighted by molar-refractivity contribution is 5.78. The Morgan fingerprint density at radius 1 is 1.40 bits per heavy atom. The summed E-state index contributed by atoms with van der Waals surface area (Å²) in [5.74, 6) is -0.113. The van der Waals surface area contributed by atoms with Crippen LogP contribution in [0.25, 0.3) is 0 Å². The Balaban J connectivity index is 2.00. The average molecular weight is 213 g/mol. The summed E-state index contributed by atoms with van der Waals surface area (Å²) >= 11 is 0. The number of hydrogen-bond acceptors (Lipinski definition) is 3. The number of hydrogen-bond donors (Lipinski definition) is 1. The van der Waals surface area contributed by atoms with Gasteiger partial charge in [-0.05, 0) is 32.6 Å². The van der Waals surface area contributed by atoms with Crippen molar-refractivity contribution >= 4 is 5.91 Å². The maximum Gasteiger partial charge on any atom is 0.248 e. The van der Waals surface area contributed by atoms with Gasteiger partial charge in [-0.25, -0.2) is 0 Å². The van der Waals surface area contributed by atoms with Crippen LogP contribution in [-0.2, 0) is 9.53 Å². The molecule has 2 heterocycles. The van der Waals surface area contributed by atoms with Crippen LogP contribution in [-0.4, -0.2) is 47.3 Å². The van der Waals surface area contributed by atoms with Crippen molar-refractivity contribution in [2.24, 2.45) is 0 Å². The maximum absolute atomic E-state index is 11.5. The molecule has 0 saturated carbocycles. The van der Waals surface area contributed by atoms with Crippen molar-refractivity contribution in [1.29, 1.82) is 0 Å². The topological polar surface area (TPSA) is 49.8 Å². The zero-order chi connectivity index (χ0) is 10.8. The summed E-state index contributed by atoms with van der Waals surface area (Å²) in [4.78, 5) is 13.4. The lowest BCUT2D eigenvalue weighted by atomic mass is 9.99. The van der Waals surface area contributed by atoms with Crippen molar-refractivity contribution in [2.45, 2.75) is 50.8 Å². The predicted molar refractivity (Wildman–Crippen MR) is 55.4 cm³/mol. The van der Waals surface area contributed by atoms with Crippen LogP contribution < -0.4 is 0 Å². The highest BCUT2D eigenvalue weighted by Crippen LogP contribution is 2.36. The molecule has 4 heteroatoms. The summed E-state index contributed by atoms with van der Waals surface area (Å²) in [5.41, 5.74) is 0. The zero-order valence-corrected chi connectivity index (χ0v) is 9.19. The Hall–Kier alpha value is -0.610. The van der Waals surface area contributed by atoms with E-state index in [0.717, 1.165) is 32.3 Å². The Labute approximate surface area is 90.2 Å². The van der Waals surface area contributed by atoms with Crippen molar-refractivity contribution < 1.29 is 14.6 Å². The van der Waals surface area contributed by atoms with Crippen LogP contribution in [0, 0.1) is 0 Å². The van der Waals surface area contributed by atoms with Gasteiger partial charge in [0, 0.05) is 18.7 Å². The van der Waals surface area contributed by atoms with Crippen LogP contribution in [0.5, 0.6) is 0 Å². The molecule has 15 heavy (non-hydrogen) atoms. The number of rotatable bonds is 3. The lowest BCUT2D eigenvalue weighted by Crippen LogP contribution is -2.49. The molecule has 0 aromatic heterocycles. The van der Waals surface area contributed by atoms with E-state index >= 15 is 0 Å². The molecule has 0 aromatic carbocycles. The molecule has 2 atom stereocenters. The van der Waals surface area contributed by atoms with E-state index in [4.69, 9.17) is 9.84 Å². The first-order valence-corrected chi connectivity index (χ1v) is 5.79. The van der Waals surface area contributed by atoms with Gasteiger partial charge in [0.2, 0.25) is 5.91 Å². The number of nitrogens with zero attached hydrogens (tertiary/aromatic N) is 1. The molecule has 1 amide bonds. The minimum absolute atomic E-state index is 0.113. The average Bonchev–Trinajstić information content (AvgIpc) is 2.50. The maximum atomic E-state index is 11.5. The molecule has 1 N–H and O–H groups in total. The van der Waals surface area contributed by atoms with Crippen LogP contribution in [0.3, 0.4) is 0 Å². The number of fused-ring (bicyclic) bond motifs is 2. The molecule has 2 rings (SSSR count). The SMILES string of the molecule is CCOC1CC2CCC(C1)N2C(=O)CO. The Kier molecular flexibility index (Phi) is 3.26. The summed E-state index contributed by atoms with van der Waals surface area (Å²) in [7, 11) is 0. The third kappa shape index (κ3) is 2.01. The van der Waals surface area contributed by atoms with Crippen LogP contribution in [0.1, 0.15) is 32.6 Å². The number of amides is 1. The molecule has 2 unspecified atom stereocenters. The first-order valence-electron chi connectivity index (χ1n) is 5.79. The lowest BCUT2D eigenvalue weighted by Gasteiger charge is -2.38. The van der Waals surface area contributed by atoms with Gasteiger partial charge in [-0.1, -0.05) is 0 Å². The number of piperidine rings is 1. The van der Waals surface area contributed by atoms with E-state index in [-0.39, 0.29) is 12.5 Å². The number of ether oxygens (including phenoxy) is 1. The van der Waals surface area contributed by atoms with Gasteiger partial charge >= 0.3 is 0 Å². The number of aliphatic hydroxyl groups excluding tert-OH is 1. The van der Waals surface area contributed by atoms with Crippen molar-refractivity contribution in [3.8, 4) is 0 Å². The minimum atomic E-state index is -0.355. The Bertz CT molecular complexity index is 230. The van der Waals surface area contributed by atoms with E-state index in [2.05, 4.69) is 0 Å². The van der Waals surface area contributed by atoms with E-state index in [9.17, 15) is 4.79 Å². The van der Waals surface area contributed by atoms with Gasteiger partial charge < -0.3 is 14.7 Å². The van der Waals surface area contributed by atoms with Crippen molar-refractivity contribution in [1.82, 2.24) is 4.90 Å². The van der Waals surface area contributed by atoms with Gasteiger partial charge in [0.15, 0.2) is 0 Å². The molecule has 0 radical (unpaired) electrons. The lowest BCUT2D eigenvalue weighted by molar-refractivity contribution is -0.141. The Morgan fingerprint density at radius 3 is 2.47 bits per heavy atom. The second-order valence-electron chi connectivity index (χ2n) is 4.39. The molecular weight excluding hydrogens is 194 g/mol. The smallest absolute Gasteiger partial charge is 0.248 e. The van der Waals surface area contributed by atoms with E-state index in [1.807, 2.05) is 11.8 Å². The monoisotopic (exact) mass is 213 g/mol. The summed E-state index contributed by atoms with van der Waals surface area (Å²) in [6, 6.07) is 0.611. The quantitative estimate of drug-likeness (QED) is 0.744. The number of aliphatic hydroxyl groups is 1. The fourth-order valence-electron chi connectivity index (χ4n) is 2.99. The molecule has 0 aromatic rings. The van der Waals surface area contributed by atoms with Crippen LogP contribution in [0.4, 0.5) is 0 Å².